The number of aliphatic hydroxyl groups is 1. The molecule has 1 aliphatic carbocycles. The van der Waals surface area contributed by atoms with Crippen molar-refractivity contribution in [1.29, 1.82) is 0 Å². The molecule has 2 rings (SSSR count). The molecule has 0 aromatic heterocycles. The van der Waals surface area contributed by atoms with E-state index in [-0.39, 0.29) is 12.5 Å². The largest absolute Gasteiger partial charge is 0.396 e. The first-order chi connectivity index (χ1) is 9.69. The maximum absolute atomic E-state index is 11.8. The van der Waals surface area contributed by atoms with Crippen molar-refractivity contribution in [3.8, 4) is 0 Å². The van der Waals surface area contributed by atoms with Gasteiger partial charge in [0.2, 0.25) is 5.91 Å². The number of rotatable bonds is 6. The molecule has 0 heterocycles. The molecule has 2 atom stereocenters. The molecule has 1 saturated carbocycles. The summed E-state index contributed by atoms with van der Waals surface area (Å²) in [7, 11) is 0. The SMILES string of the molecule is O=C(CSc1ccc(Cl)cc1)NCC1CCCC1CO. The van der Waals surface area contributed by atoms with Crippen LogP contribution in [0.4, 0.5) is 0 Å². The van der Waals surface area contributed by atoms with Gasteiger partial charge in [0.25, 0.3) is 0 Å². The molecule has 2 N–H and O–H groups in total. The van der Waals surface area contributed by atoms with Gasteiger partial charge in [-0.25, -0.2) is 0 Å². The van der Waals surface area contributed by atoms with Crippen LogP contribution in [0, 0.1) is 11.8 Å². The fourth-order valence-corrected chi connectivity index (χ4v) is 3.45. The Morgan fingerprint density at radius 1 is 1.30 bits per heavy atom. The fraction of sp³-hybridized carbons (Fsp3) is 0.533. The first-order valence-electron chi connectivity index (χ1n) is 6.95. The summed E-state index contributed by atoms with van der Waals surface area (Å²) in [6.45, 7) is 0.922. The van der Waals surface area contributed by atoms with Crippen molar-refractivity contribution >= 4 is 29.3 Å². The summed E-state index contributed by atoms with van der Waals surface area (Å²) in [5.41, 5.74) is 0. The van der Waals surface area contributed by atoms with E-state index >= 15 is 0 Å². The molecule has 0 spiro atoms. The van der Waals surface area contributed by atoms with Crippen LogP contribution in [0.3, 0.4) is 0 Å². The van der Waals surface area contributed by atoms with Gasteiger partial charge < -0.3 is 10.4 Å². The number of aliphatic hydroxyl groups excluding tert-OH is 1. The van der Waals surface area contributed by atoms with E-state index in [1.54, 1.807) is 0 Å². The molecule has 5 heteroatoms. The standard InChI is InChI=1S/C15H20ClNO2S/c16-13-4-6-14(7-5-13)20-10-15(19)17-8-11-2-1-3-12(11)9-18/h4-7,11-12,18H,1-3,8-10H2,(H,17,19). The van der Waals surface area contributed by atoms with E-state index in [0.29, 0.717) is 29.2 Å². The van der Waals surface area contributed by atoms with Crippen LogP contribution in [0.25, 0.3) is 0 Å². The van der Waals surface area contributed by atoms with E-state index in [1.807, 2.05) is 24.3 Å². The van der Waals surface area contributed by atoms with Crippen molar-refractivity contribution in [2.45, 2.75) is 24.2 Å². The Morgan fingerprint density at radius 3 is 2.70 bits per heavy atom. The fourth-order valence-electron chi connectivity index (χ4n) is 2.60. The zero-order chi connectivity index (χ0) is 14.4. The number of carbonyl (C=O) groups excluding carboxylic acids is 1. The number of carbonyl (C=O) groups is 1. The lowest BCUT2D eigenvalue weighted by Gasteiger charge is -2.17. The lowest BCUT2D eigenvalue weighted by Crippen LogP contribution is -2.32. The third-order valence-corrected chi connectivity index (χ3v) is 5.06. The predicted octanol–water partition coefficient (Wildman–Crippen LogP) is 2.96. The average Bonchev–Trinajstić information content (AvgIpc) is 2.92. The minimum Gasteiger partial charge on any atom is -0.396 e. The second-order valence-corrected chi connectivity index (χ2v) is 6.67. The zero-order valence-corrected chi connectivity index (χ0v) is 12.9. The first-order valence-corrected chi connectivity index (χ1v) is 8.31. The number of nitrogens with one attached hydrogen (secondary N) is 1. The van der Waals surface area contributed by atoms with Crippen LogP contribution in [0.1, 0.15) is 19.3 Å². The number of hydrogen-bond donors (Lipinski definition) is 2. The number of amides is 1. The summed E-state index contributed by atoms with van der Waals surface area (Å²) >= 11 is 7.32. The molecule has 1 aromatic carbocycles. The normalized spacial score (nSPS) is 21.9. The van der Waals surface area contributed by atoms with Crippen molar-refractivity contribution in [2.75, 3.05) is 18.9 Å². The third kappa shape index (κ3) is 4.69. The molecule has 1 amide bonds. The van der Waals surface area contributed by atoms with Crippen LogP contribution in [0.15, 0.2) is 29.2 Å². The molecule has 1 aromatic rings. The van der Waals surface area contributed by atoms with E-state index in [1.165, 1.54) is 11.8 Å². The van der Waals surface area contributed by atoms with Gasteiger partial charge in [-0.1, -0.05) is 18.0 Å². The molecular weight excluding hydrogens is 294 g/mol. The molecule has 0 radical (unpaired) electrons. The van der Waals surface area contributed by atoms with Crippen molar-refractivity contribution in [1.82, 2.24) is 5.32 Å². The van der Waals surface area contributed by atoms with Gasteiger partial charge in [-0.05, 0) is 48.9 Å². The van der Waals surface area contributed by atoms with E-state index in [9.17, 15) is 9.90 Å². The Hall–Kier alpha value is -0.710. The lowest BCUT2D eigenvalue weighted by molar-refractivity contribution is -0.118. The number of hydrogen-bond acceptors (Lipinski definition) is 3. The molecule has 0 saturated heterocycles. The monoisotopic (exact) mass is 313 g/mol. The average molecular weight is 314 g/mol. The molecule has 3 nitrogen and oxygen atoms in total. The molecule has 1 fully saturated rings. The van der Waals surface area contributed by atoms with Crippen LogP contribution in [-0.4, -0.2) is 29.9 Å². The highest BCUT2D eigenvalue weighted by atomic mass is 35.5. The first kappa shape index (κ1) is 15.7. The summed E-state index contributed by atoms with van der Waals surface area (Å²) in [4.78, 5) is 12.9. The molecule has 0 bridgehead atoms. The Labute approximate surface area is 129 Å². The Morgan fingerprint density at radius 2 is 2.00 bits per heavy atom. The number of thioether (sulfide) groups is 1. The molecule has 110 valence electrons. The highest BCUT2D eigenvalue weighted by Crippen LogP contribution is 2.30. The summed E-state index contributed by atoms with van der Waals surface area (Å²) < 4.78 is 0. The molecule has 0 aliphatic heterocycles. The van der Waals surface area contributed by atoms with Gasteiger partial charge in [0.15, 0.2) is 0 Å². The highest BCUT2D eigenvalue weighted by molar-refractivity contribution is 8.00. The van der Waals surface area contributed by atoms with Gasteiger partial charge in [-0.15, -0.1) is 11.8 Å². The van der Waals surface area contributed by atoms with Crippen LogP contribution < -0.4 is 5.32 Å². The quantitative estimate of drug-likeness (QED) is 0.794. The molecular formula is C15H20ClNO2S. The maximum Gasteiger partial charge on any atom is 0.230 e. The van der Waals surface area contributed by atoms with Gasteiger partial charge in [-0.2, -0.15) is 0 Å². The van der Waals surface area contributed by atoms with Crippen LogP contribution in [-0.2, 0) is 4.79 Å². The van der Waals surface area contributed by atoms with E-state index < -0.39 is 0 Å². The minimum atomic E-state index is 0.0496. The maximum atomic E-state index is 11.8. The lowest BCUT2D eigenvalue weighted by atomic mass is 9.97. The van der Waals surface area contributed by atoms with E-state index in [4.69, 9.17) is 11.6 Å². The topological polar surface area (TPSA) is 49.3 Å². The predicted molar refractivity (Wildman–Crippen MR) is 83.1 cm³/mol. The van der Waals surface area contributed by atoms with Gasteiger partial charge in [0.05, 0.1) is 5.75 Å². The zero-order valence-electron chi connectivity index (χ0n) is 11.3. The molecule has 2 unspecified atom stereocenters. The summed E-state index contributed by atoms with van der Waals surface area (Å²) in [6.07, 6.45) is 3.34. The smallest absolute Gasteiger partial charge is 0.230 e. The van der Waals surface area contributed by atoms with E-state index in [0.717, 1.165) is 24.2 Å². The second-order valence-electron chi connectivity index (χ2n) is 5.18. The minimum absolute atomic E-state index is 0.0496. The molecule has 20 heavy (non-hydrogen) atoms. The van der Waals surface area contributed by atoms with Gasteiger partial charge in [-0.3, -0.25) is 4.79 Å². The van der Waals surface area contributed by atoms with Crippen molar-refractivity contribution in [3.63, 3.8) is 0 Å². The van der Waals surface area contributed by atoms with Crippen LogP contribution in [0.2, 0.25) is 5.02 Å². The van der Waals surface area contributed by atoms with Crippen LogP contribution in [0.5, 0.6) is 0 Å². The number of halogens is 1. The number of benzene rings is 1. The summed E-state index contributed by atoms with van der Waals surface area (Å²) in [6, 6.07) is 7.48. The van der Waals surface area contributed by atoms with Gasteiger partial charge in [0, 0.05) is 23.1 Å². The third-order valence-electron chi connectivity index (χ3n) is 3.80. The van der Waals surface area contributed by atoms with E-state index in [2.05, 4.69) is 5.32 Å². The Kier molecular flexibility index (Phi) is 6.20. The molecule has 1 aliphatic rings. The Bertz CT molecular complexity index is 438. The van der Waals surface area contributed by atoms with Crippen LogP contribution >= 0.6 is 23.4 Å². The second kappa shape index (κ2) is 7.91. The summed E-state index contributed by atoms with van der Waals surface area (Å²) in [5, 5.41) is 12.9. The van der Waals surface area contributed by atoms with Crippen molar-refractivity contribution < 1.29 is 9.90 Å². The van der Waals surface area contributed by atoms with Gasteiger partial charge in [0.1, 0.15) is 0 Å². The van der Waals surface area contributed by atoms with Crippen molar-refractivity contribution in [2.24, 2.45) is 11.8 Å². The summed E-state index contributed by atoms with van der Waals surface area (Å²) in [5.74, 6) is 1.26. The van der Waals surface area contributed by atoms with Gasteiger partial charge >= 0.3 is 0 Å². The Balaban J connectivity index is 1.69. The van der Waals surface area contributed by atoms with Crippen molar-refractivity contribution in [3.05, 3.63) is 29.3 Å². The highest BCUT2D eigenvalue weighted by Gasteiger charge is 2.26.